The Kier molecular flexibility index (Phi) is 7.35. The fourth-order valence-corrected chi connectivity index (χ4v) is 3.09. The van der Waals surface area contributed by atoms with Gasteiger partial charge in [-0.2, -0.15) is 0 Å². The Labute approximate surface area is 159 Å². The van der Waals surface area contributed by atoms with Crippen LogP contribution in [0.4, 0.5) is 0 Å². The summed E-state index contributed by atoms with van der Waals surface area (Å²) in [6.07, 6.45) is 5.52. The third kappa shape index (κ3) is 5.10. The van der Waals surface area contributed by atoms with E-state index < -0.39 is 0 Å². The predicted molar refractivity (Wildman–Crippen MR) is 101 cm³/mol. The number of amides is 1. The summed E-state index contributed by atoms with van der Waals surface area (Å²) in [4.78, 5) is 16.2. The van der Waals surface area contributed by atoms with Crippen LogP contribution in [0.15, 0.2) is 27.8 Å². The molecule has 2 fully saturated rings. The molecule has 2 saturated heterocycles. The van der Waals surface area contributed by atoms with Crippen LogP contribution < -0.4 is 16.0 Å². The summed E-state index contributed by atoms with van der Waals surface area (Å²) >= 11 is 0. The van der Waals surface area contributed by atoms with Crippen LogP contribution in [0.1, 0.15) is 31.9 Å². The summed E-state index contributed by atoms with van der Waals surface area (Å²) in [5.41, 5.74) is 0. The fraction of sp³-hybridized carbons (Fsp3) is 0.625. The van der Waals surface area contributed by atoms with Crippen molar-refractivity contribution in [1.29, 1.82) is 0 Å². The number of carbonyl (C=O) groups excluding carboxylic acids is 1. The molecule has 2 aliphatic rings. The van der Waals surface area contributed by atoms with E-state index in [1.165, 1.54) is 0 Å². The van der Waals surface area contributed by atoms with E-state index in [1.54, 1.807) is 12.3 Å². The van der Waals surface area contributed by atoms with E-state index in [0.717, 1.165) is 31.6 Å². The first-order valence-corrected chi connectivity index (χ1v) is 8.24. The second-order valence-corrected chi connectivity index (χ2v) is 5.91. The number of hydrogen-bond donors (Lipinski definition) is 3. The molecule has 3 atom stereocenters. The van der Waals surface area contributed by atoms with Gasteiger partial charge in [-0.05, 0) is 38.3 Å². The van der Waals surface area contributed by atoms with E-state index in [1.807, 2.05) is 13.0 Å². The fourth-order valence-electron chi connectivity index (χ4n) is 3.09. The minimum absolute atomic E-state index is 0. The van der Waals surface area contributed by atoms with Crippen LogP contribution in [0, 0.1) is 0 Å². The summed E-state index contributed by atoms with van der Waals surface area (Å²) in [6.45, 7) is 3.22. The number of fused-ring (bicyclic) bond motifs is 2. The summed E-state index contributed by atoms with van der Waals surface area (Å²) < 4.78 is 11.0. The quantitative estimate of drug-likeness (QED) is 0.348. The van der Waals surface area contributed by atoms with Crippen molar-refractivity contribution in [3.63, 3.8) is 0 Å². The van der Waals surface area contributed by atoms with Gasteiger partial charge < -0.3 is 25.1 Å². The molecule has 0 saturated carbocycles. The molecule has 24 heavy (non-hydrogen) atoms. The van der Waals surface area contributed by atoms with Crippen LogP contribution in [0.3, 0.4) is 0 Å². The zero-order valence-corrected chi connectivity index (χ0v) is 16.1. The summed E-state index contributed by atoms with van der Waals surface area (Å²) in [5.74, 6) is 1.26. The van der Waals surface area contributed by atoms with E-state index in [0.29, 0.717) is 18.6 Å². The minimum atomic E-state index is -0.136. The van der Waals surface area contributed by atoms with Gasteiger partial charge in [0, 0.05) is 6.54 Å². The van der Waals surface area contributed by atoms with Crippen LogP contribution in [0.25, 0.3) is 0 Å². The van der Waals surface area contributed by atoms with Crippen LogP contribution in [0.2, 0.25) is 0 Å². The molecule has 1 aromatic heterocycles. The highest BCUT2D eigenvalue weighted by molar-refractivity contribution is 14.0. The Balaban J connectivity index is 0.00000208. The van der Waals surface area contributed by atoms with E-state index >= 15 is 0 Å². The standard InChI is InChI=1S/C16H24N4O3.HI/c1-2-17-16(20-13-8-11-5-6-14(13)23-11)19-10-15(21)18-9-12-4-3-7-22-12;/h3-4,7,11,13-14H,2,5-6,8-10H2,1H3,(H,18,21)(H2,17,19,20);1H. The van der Waals surface area contributed by atoms with Crippen LogP contribution in [0.5, 0.6) is 0 Å². The molecule has 8 heteroatoms. The number of carbonyl (C=O) groups is 1. The van der Waals surface area contributed by atoms with Crippen molar-refractivity contribution in [2.24, 2.45) is 4.99 Å². The number of nitrogens with zero attached hydrogens (tertiary/aromatic N) is 1. The molecular weight excluding hydrogens is 423 g/mol. The molecule has 3 heterocycles. The Morgan fingerprint density at radius 1 is 1.38 bits per heavy atom. The molecule has 0 radical (unpaired) electrons. The third-order valence-corrected chi connectivity index (χ3v) is 4.19. The Morgan fingerprint density at radius 2 is 2.25 bits per heavy atom. The molecule has 3 rings (SSSR count). The molecule has 2 bridgehead atoms. The van der Waals surface area contributed by atoms with Crippen LogP contribution >= 0.6 is 24.0 Å². The van der Waals surface area contributed by atoms with Crippen molar-refractivity contribution in [3.05, 3.63) is 24.2 Å². The lowest BCUT2D eigenvalue weighted by molar-refractivity contribution is -0.119. The molecule has 0 aromatic carbocycles. The van der Waals surface area contributed by atoms with E-state index in [2.05, 4.69) is 20.9 Å². The number of guanidine groups is 1. The average molecular weight is 448 g/mol. The minimum Gasteiger partial charge on any atom is -0.467 e. The highest BCUT2D eigenvalue weighted by Crippen LogP contribution is 2.34. The molecule has 3 unspecified atom stereocenters. The van der Waals surface area contributed by atoms with Crippen LogP contribution in [-0.2, 0) is 16.1 Å². The van der Waals surface area contributed by atoms with Gasteiger partial charge in [-0.1, -0.05) is 0 Å². The second kappa shape index (κ2) is 9.26. The summed E-state index contributed by atoms with van der Waals surface area (Å²) in [6, 6.07) is 3.91. The van der Waals surface area contributed by atoms with Gasteiger partial charge >= 0.3 is 0 Å². The first-order valence-electron chi connectivity index (χ1n) is 8.24. The second-order valence-electron chi connectivity index (χ2n) is 5.91. The number of ether oxygens (including phenoxy) is 1. The van der Waals surface area contributed by atoms with Crippen LogP contribution in [-0.4, -0.2) is 43.2 Å². The van der Waals surface area contributed by atoms with Crippen molar-refractivity contribution >= 4 is 35.8 Å². The number of hydrogen-bond acceptors (Lipinski definition) is 4. The predicted octanol–water partition coefficient (Wildman–Crippen LogP) is 1.39. The van der Waals surface area contributed by atoms with E-state index in [9.17, 15) is 4.79 Å². The molecule has 1 amide bonds. The number of rotatable bonds is 6. The van der Waals surface area contributed by atoms with Gasteiger partial charge in [-0.25, -0.2) is 4.99 Å². The highest BCUT2D eigenvalue weighted by atomic mass is 127. The molecule has 0 aliphatic carbocycles. The monoisotopic (exact) mass is 448 g/mol. The van der Waals surface area contributed by atoms with Gasteiger partial charge in [-0.15, -0.1) is 24.0 Å². The van der Waals surface area contributed by atoms with Crippen molar-refractivity contribution in [3.8, 4) is 0 Å². The van der Waals surface area contributed by atoms with E-state index in [-0.39, 0.29) is 48.6 Å². The average Bonchev–Trinajstić information content (AvgIpc) is 3.28. The summed E-state index contributed by atoms with van der Waals surface area (Å²) in [5, 5.41) is 9.35. The lowest BCUT2D eigenvalue weighted by Crippen LogP contribution is -2.47. The molecular formula is C16H25IN4O3. The Hall–Kier alpha value is -1.29. The largest absolute Gasteiger partial charge is 0.467 e. The maximum Gasteiger partial charge on any atom is 0.242 e. The molecule has 3 N–H and O–H groups in total. The van der Waals surface area contributed by atoms with Gasteiger partial charge in [0.05, 0.1) is 31.1 Å². The number of halogens is 1. The zero-order valence-electron chi connectivity index (χ0n) is 13.8. The highest BCUT2D eigenvalue weighted by Gasteiger charge is 2.41. The first-order chi connectivity index (χ1) is 11.2. The van der Waals surface area contributed by atoms with Gasteiger partial charge in [0.15, 0.2) is 5.96 Å². The molecule has 134 valence electrons. The van der Waals surface area contributed by atoms with Gasteiger partial charge in [0.25, 0.3) is 0 Å². The smallest absolute Gasteiger partial charge is 0.242 e. The maximum absolute atomic E-state index is 11.9. The first kappa shape index (κ1) is 19.0. The lowest BCUT2D eigenvalue weighted by atomic mass is 9.96. The van der Waals surface area contributed by atoms with Crippen molar-refractivity contribution in [2.75, 3.05) is 13.1 Å². The van der Waals surface area contributed by atoms with Crippen molar-refractivity contribution < 1.29 is 13.9 Å². The van der Waals surface area contributed by atoms with Crippen molar-refractivity contribution in [1.82, 2.24) is 16.0 Å². The molecule has 1 aromatic rings. The molecule has 2 aliphatic heterocycles. The zero-order chi connectivity index (χ0) is 16.1. The van der Waals surface area contributed by atoms with Crippen molar-refractivity contribution in [2.45, 2.75) is 51.0 Å². The van der Waals surface area contributed by atoms with Gasteiger partial charge in [0.1, 0.15) is 12.3 Å². The Morgan fingerprint density at radius 3 is 2.88 bits per heavy atom. The third-order valence-electron chi connectivity index (χ3n) is 4.19. The topological polar surface area (TPSA) is 87.9 Å². The number of furan rings is 1. The Bertz CT molecular complexity index is 550. The summed E-state index contributed by atoms with van der Waals surface area (Å²) in [7, 11) is 0. The maximum atomic E-state index is 11.9. The number of nitrogens with one attached hydrogen (secondary N) is 3. The normalized spacial score (nSPS) is 25.2. The lowest BCUT2D eigenvalue weighted by Gasteiger charge is -2.22. The molecule has 0 spiro atoms. The number of aliphatic imine (C=N–C) groups is 1. The van der Waals surface area contributed by atoms with E-state index in [4.69, 9.17) is 9.15 Å². The van der Waals surface area contributed by atoms with Gasteiger partial charge in [-0.3, -0.25) is 4.79 Å². The molecule has 7 nitrogen and oxygen atoms in total. The van der Waals surface area contributed by atoms with Gasteiger partial charge in [0.2, 0.25) is 5.91 Å². The SMILES string of the molecule is CCNC(=NCC(=O)NCc1ccco1)NC1CC2CCC1O2.I.